The van der Waals surface area contributed by atoms with E-state index in [1.807, 2.05) is 12.3 Å². The normalized spacial score (nSPS) is 12.7. The van der Waals surface area contributed by atoms with Gasteiger partial charge in [-0.25, -0.2) is 0 Å². The van der Waals surface area contributed by atoms with E-state index in [1.165, 1.54) is 12.1 Å². The van der Waals surface area contributed by atoms with Gasteiger partial charge in [-0.1, -0.05) is 19.9 Å². The zero-order valence-electron chi connectivity index (χ0n) is 9.16. The number of nitrogens with zero attached hydrogens (tertiary/aromatic N) is 1. The topological polar surface area (TPSA) is 24.9 Å². The van der Waals surface area contributed by atoms with Crippen LogP contribution in [0.2, 0.25) is 0 Å². The molecule has 0 aliphatic carbocycles. The summed E-state index contributed by atoms with van der Waals surface area (Å²) in [6.07, 6.45) is 5.26. The third kappa shape index (κ3) is 3.88. The molecular weight excluding hydrogens is 172 g/mol. The second kappa shape index (κ2) is 6.55. The highest BCUT2D eigenvalue weighted by molar-refractivity contribution is 5.05. The highest BCUT2D eigenvalue weighted by Gasteiger charge is 2.05. The lowest BCUT2D eigenvalue weighted by Gasteiger charge is -2.15. The molecule has 0 fully saturated rings. The molecule has 1 rings (SSSR count). The predicted octanol–water partition coefficient (Wildman–Crippen LogP) is 2.40. The minimum atomic E-state index is 0.574. The molecule has 1 heterocycles. The van der Waals surface area contributed by atoms with Crippen molar-refractivity contribution in [2.45, 2.75) is 39.2 Å². The largest absolute Gasteiger partial charge is 0.314 e. The van der Waals surface area contributed by atoms with E-state index in [-0.39, 0.29) is 0 Å². The van der Waals surface area contributed by atoms with Crippen LogP contribution >= 0.6 is 0 Å². The van der Waals surface area contributed by atoms with Crippen LogP contribution in [0, 0.1) is 0 Å². The van der Waals surface area contributed by atoms with Crippen LogP contribution in [0.4, 0.5) is 0 Å². The van der Waals surface area contributed by atoms with Crippen molar-refractivity contribution in [1.82, 2.24) is 10.3 Å². The molecule has 0 aromatic carbocycles. The Labute approximate surface area is 86.8 Å². The summed E-state index contributed by atoms with van der Waals surface area (Å²) in [4.78, 5) is 4.33. The number of aromatic nitrogens is 1. The first-order chi connectivity index (χ1) is 6.86. The van der Waals surface area contributed by atoms with Crippen molar-refractivity contribution in [1.29, 1.82) is 0 Å². The second-order valence-electron chi connectivity index (χ2n) is 3.58. The summed E-state index contributed by atoms with van der Waals surface area (Å²) in [6, 6.07) is 6.68. The fourth-order valence-corrected chi connectivity index (χ4v) is 1.48. The first-order valence-electron chi connectivity index (χ1n) is 5.50. The maximum absolute atomic E-state index is 4.33. The lowest BCUT2D eigenvalue weighted by Crippen LogP contribution is -2.31. The van der Waals surface area contributed by atoms with Gasteiger partial charge in [-0.15, -0.1) is 0 Å². The summed E-state index contributed by atoms with van der Waals surface area (Å²) in [6.45, 7) is 5.52. The summed E-state index contributed by atoms with van der Waals surface area (Å²) in [5.41, 5.74) is 1.18. The van der Waals surface area contributed by atoms with Gasteiger partial charge in [-0.2, -0.15) is 0 Å². The second-order valence-corrected chi connectivity index (χ2v) is 3.58. The van der Waals surface area contributed by atoms with Crippen LogP contribution in [0.1, 0.15) is 32.4 Å². The fourth-order valence-electron chi connectivity index (χ4n) is 1.48. The molecule has 1 N–H and O–H groups in total. The van der Waals surface area contributed by atoms with E-state index in [0.717, 1.165) is 19.4 Å². The molecule has 0 amide bonds. The SMILES string of the molecule is CCCNC(CC)Cc1ccccn1. The molecule has 14 heavy (non-hydrogen) atoms. The highest BCUT2D eigenvalue weighted by Crippen LogP contribution is 2.02. The number of hydrogen-bond donors (Lipinski definition) is 1. The van der Waals surface area contributed by atoms with Crippen molar-refractivity contribution >= 4 is 0 Å². The molecule has 2 nitrogen and oxygen atoms in total. The van der Waals surface area contributed by atoms with Crippen molar-refractivity contribution in [3.63, 3.8) is 0 Å². The Morgan fingerprint density at radius 2 is 2.21 bits per heavy atom. The fraction of sp³-hybridized carbons (Fsp3) is 0.583. The maximum atomic E-state index is 4.33. The Morgan fingerprint density at radius 1 is 1.36 bits per heavy atom. The van der Waals surface area contributed by atoms with Gasteiger partial charge in [0.2, 0.25) is 0 Å². The van der Waals surface area contributed by atoms with Crippen LogP contribution in [-0.4, -0.2) is 17.6 Å². The van der Waals surface area contributed by atoms with Crippen molar-refractivity contribution in [2.24, 2.45) is 0 Å². The lowest BCUT2D eigenvalue weighted by molar-refractivity contribution is 0.490. The molecule has 0 aliphatic rings. The van der Waals surface area contributed by atoms with Crippen molar-refractivity contribution in [2.75, 3.05) is 6.54 Å². The molecular formula is C12H20N2. The van der Waals surface area contributed by atoms with E-state index in [0.29, 0.717) is 6.04 Å². The van der Waals surface area contributed by atoms with Crippen LogP contribution in [0.25, 0.3) is 0 Å². The molecule has 78 valence electrons. The molecule has 0 saturated heterocycles. The number of nitrogens with one attached hydrogen (secondary N) is 1. The zero-order valence-corrected chi connectivity index (χ0v) is 9.16. The van der Waals surface area contributed by atoms with E-state index in [4.69, 9.17) is 0 Å². The molecule has 0 bridgehead atoms. The van der Waals surface area contributed by atoms with Gasteiger partial charge in [0.25, 0.3) is 0 Å². The summed E-state index contributed by atoms with van der Waals surface area (Å²) < 4.78 is 0. The van der Waals surface area contributed by atoms with Gasteiger partial charge in [0.05, 0.1) is 0 Å². The van der Waals surface area contributed by atoms with E-state index >= 15 is 0 Å². The van der Waals surface area contributed by atoms with Gasteiger partial charge in [0.15, 0.2) is 0 Å². The molecule has 1 unspecified atom stereocenters. The van der Waals surface area contributed by atoms with Gasteiger partial charge in [-0.05, 0) is 31.5 Å². The molecule has 1 aromatic heterocycles. The van der Waals surface area contributed by atoms with Gasteiger partial charge >= 0.3 is 0 Å². The lowest BCUT2D eigenvalue weighted by atomic mass is 10.1. The van der Waals surface area contributed by atoms with Crippen LogP contribution in [-0.2, 0) is 6.42 Å². The molecule has 0 saturated carbocycles. The van der Waals surface area contributed by atoms with Crippen LogP contribution in [0.5, 0.6) is 0 Å². The summed E-state index contributed by atoms with van der Waals surface area (Å²) in [5, 5.41) is 3.53. The predicted molar refractivity (Wildman–Crippen MR) is 60.3 cm³/mol. The van der Waals surface area contributed by atoms with Crippen LogP contribution < -0.4 is 5.32 Å². The zero-order chi connectivity index (χ0) is 10.2. The van der Waals surface area contributed by atoms with Crippen LogP contribution in [0.3, 0.4) is 0 Å². The number of rotatable bonds is 6. The number of hydrogen-bond acceptors (Lipinski definition) is 2. The van der Waals surface area contributed by atoms with Crippen molar-refractivity contribution < 1.29 is 0 Å². The van der Waals surface area contributed by atoms with Gasteiger partial charge in [0.1, 0.15) is 0 Å². The Balaban J connectivity index is 2.40. The van der Waals surface area contributed by atoms with Crippen molar-refractivity contribution in [3.8, 4) is 0 Å². The maximum Gasteiger partial charge on any atom is 0.0419 e. The molecule has 0 aliphatic heterocycles. The minimum absolute atomic E-state index is 0.574. The monoisotopic (exact) mass is 192 g/mol. The van der Waals surface area contributed by atoms with Gasteiger partial charge < -0.3 is 5.32 Å². The molecule has 0 radical (unpaired) electrons. The average Bonchev–Trinajstić information content (AvgIpc) is 2.25. The van der Waals surface area contributed by atoms with Gasteiger partial charge in [-0.3, -0.25) is 4.98 Å². The third-order valence-corrected chi connectivity index (χ3v) is 2.36. The Morgan fingerprint density at radius 3 is 2.79 bits per heavy atom. The molecule has 1 aromatic rings. The van der Waals surface area contributed by atoms with E-state index < -0.39 is 0 Å². The molecule has 0 spiro atoms. The van der Waals surface area contributed by atoms with E-state index in [9.17, 15) is 0 Å². The quantitative estimate of drug-likeness (QED) is 0.748. The van der Waals surface area contributed by atoms with E-state index in [1.54, 1.807) is 0 Å². The van der Waals surface area contributed by atoms with Crippen LogP contribution in [0.15, 0.2) is 24.4 Å². The standard InChI is InChI=1S/C12H20N2/c1-3-8-13-11(4-2)10-12-7-5-6-9-14-12/h5-7,9,11,13H,3-4,8,10H2,1-2H3. The molecule has 1 atom stereocenters. The van der Waals surface area contributed by atoms with Crippen molar-refractivity contribution in [3.05, 3.63) is 30.1 Å². The Kier molecular flexibility index (Phi) is 5.23. The summed E-state index contributed by atoms with van der Waals surface area (Å²) in [7, 11) is 0. The van der Waals surface area contributed by atoms with E-state index in [2.05, 4.69) is 36.3 Å². The third-order valence-electron chi connectivity index (χ3n) is 2.36. The highest BCUT2D eigenvalue weighted by atomic mass is 14.9. The smallest absolute Gasteiger partial charge is 0.0419 e. The summed E-state index contributed by atoms with van der Waals surface area (Å²) >= 11 is 0. The first-order valence-corrected chi connectivity index (χ1v) is 5.50. The number of pyridine rings is 1. The Hall–Kier alpha value is -0.890. The Bertz CT molecular complexity index is 233. The molecule has 2 heteroatoms. The average molecular weight is 192 g/mol. The first kappa shape index (κ1) is 11.2. The van der Waals surface area contributed by atoms with Gasteiger partial charge in [0, 0.05) is 24.4 Å². The summed E-state index contributed by atoms with van der Waals surface area (Å²) in [5.74, 6) is 0. The minimum Gasteiger partial charge on any atom is -0.314 e.